The third-order valence-corrected chi connectivity index (χ3v) is 4.19. The monoisotopic (exact) mass is 285 g/mol. The molecular weight excluding hydrogens is 262 g/mol. The first-order valence-corrected chi connectivity index (χ1v) is 7.63. The molecule has 0 saturated heterocycles. The quantitative estimate of drug-likeness (QED) is 0.839. The Morgan fingerprint density at radius 3 is 2.62 bits per heavy atom. The van der Waals surface area contributed by atoms with Crippen LogP contribution in [-0.4, -0.2) is 7.11 Å². The smallest absolute Gasteiger partial charge is 0.117 e. The predicted octanol–water partition coefficient (Wildman–Crippen LogP) is 3.84. The second-order valence-electron chi connectivity index (χ2n) is 5.93. The Morgan fingerprint density at radius 1 is 1.14 bits per heavy atom. The maximum Gasteiger partial charge on any atom is 0.117 e. The molecule has 0 radical (unpaired) electrons. The van der Waals surface area contributed by atoms with Gasteiger partial charge in [-0.25, -0.2) is 0 Å². The van der Waals surface area contributed by atoms with Gasteiger partial charge in [0, 0.05) is 19.6 Å². The number of ether oxygens (including phenoxy) is 1. The first kappa shape index (κ1) is 14.4. The molecule has 0 aliphatic heterocycles. The highest BCUT2D eigenvalue weighted by Gasteiger charge is 2.36. The zero-order chi connectivity index (χ0) is 14.7. The van der Waals surface area contributed by atoms with Gasteiger partial charge in [0.15, 0.2) is 0 Å². The van der Waals surface area contributed by atoms with E-state index in [1.807, 2.05) is 6.07 Å². The molecule has 2 aromatic rings. The molecule has 0 amide bonds. The average molecular weight is 285 g/mol. The third kappa shape index (κ3) is 3.55. The van der Waals surface area contributed by atoms with Crippen LogP contribution in [0.5, 0.6) is 0 Å². The summed E-state index contributed by atoms with van der Waals surface area (Å²) in [5.41, 5.74) is 2.52. The van der Waals surface area contributed by atoms with Crippen LogP contribution < -0.4 is 5.32 Å². The van der Waals surface area contributed by atoms with Crippen LogP contribution in [0.4, 0.5) is 0 Å². The van der Waals surface area contributed by atoms with Crippen LogP contribution in [0.25, 0.3) is 0 Å². The normalized spacial score (nSPS) is 20.7. The van der Waals surface area contributed by atoms with Crippen molar-refractivity contribution in [3.63, 3.8) is 0 Å². The Labute approximate surface area is 126 Å². The van der Waals surface area contributed by atoms with Crippen LogP contribution in [0.3, 0.4) is 0 Å². The van der Waals surface area contributed by atoms with E-state index >= 15 is 0 Å². The van der Waals surface area contributed by atoms with E-state index in [9.17, 15) is 0 Å². The van der Waals surface area contributed by atoms with Crippen LogP contribution in [0.15, 0.2) is 40.8 Å². The van der Waals surface area contributed by atoms with Crippen LogP contribution in [-0.2, 0) is 24.4 Å². The van der Waals surface area contributed by atoms with Crippen molar-refractivity contribution in [2.75, 3.05) is 7.11 Å². The van der Waals surface area contributed by atoms with E-state index in [1.54, 1.807) is 7.11 Å². The van der Waals surface area contributed by atoms with Gasteiger partial charge in [0.1, 0.15) is 11.5 Å². The second kappa shape index (κ2) is 6.46. The highest BCUT2D eigenvalue weighted by molar-refractivity contribution is 5.26. The van der Waals surface area contributed by atoms with E-state index in [4.69, 9.17) is 9.15 Å². The van der Waals surface area contributed by atoms with Crippen molar-refractivity contribution >= 4 is 0 Å². The maximum atomic E-state index is 5.91. The highest BCUT2D eigenvalue weighted by atomic mass is 16.5. The molecule has 3 heteroatoms. The van der Waals surface area contributed by atoms with Crippen molar-refractivity contribution in [3.05, 3.63) is 59.0 Å². The fourth-order valence-corrected chi connectivity index (χ4v) is 2.75. The molecule has 0 spiro atoms. The molecule has 1 saturated carbocycles. The lowest BCUT2D eigenvalue weighted by Gasteiger charge is -2.09. The molecule has 21 heavy (non-hydrogen) atoms. The number of hydrogen-bond acceptors (Lipinski definition) is 3. The lowest BCUT2D eigenvalue weighted by Crippen LogP contribution is -2.13. The summed E-state index contributed by atoms with van der Waals surface area (Å²) in [5.74, 6) is 3.62. The van der Waals surface area contributed by atoms with Gasteiger partial charge in [-0.3, -0.25) is 0 Å². The molecule has 1 aliphatic rings. The second-order valence-corrected chi connectivity index (χ2v) is 5.93. The van der Waals surface area contributed by atoms with Crippen LogP contribution >= 0.6 is 0 Å². The molecule has 1 fully saturated rings. The molecular formula is C18H23NO2. The molecule has 3 nitrogen and oxygen atoms in total. The SMILES string of the molecule is COCc1ccccc1CNCc1ccc(C2CC2C)o1. The van der Waals surface area contributed by atoms with Crippen molar-refractivity contribution in [2.45, 2.75) is 39.0 Å². The summed E-state index contributed by atoms with van der Waals surface area (Å²) in [6, 6.07) is 12.6. The van der Waals surface area contributed by atoms with Crippen molar-refractivity contribution in [2.24, 2.45) is 5.92 Å². The fraction of sp³-hybridized carbons (Fsp3) is 0.444. The van der Waals surface area contributed by atoms with Gasteiger partial charge >= 0.3 is 0 Å². The van der Waals surface area contributed by atoms with E-state index < -0.39 is 0 Å². The lowest BCUT2D eigenvalue weighted by atomic mass is 10.1. The molecule has 1 aliphatic carbocycles. The topological polar surface area (TPSA) is 34.4 Å². The molecule has 1 N–H and O–H groups in total. The van der Waals surface area contributed by atoms with Gasteiger partial charge in [-0.1, -0.05) is 31.2 Å². The number of furan rings is 1. The van der Waals surface area contributed by atoms with E-state index in [0.29, 0.717) is 12.5 Å². The molecule has 1 aromatic heterocycles. The Hall–Kier alpha value is -1.58. The van der Waals surface area contributed by atoms with E-state index in [2.05, 4.69) is 42.6 Å². The highest BCUT2D eigenvalue weighted by Crippen LogP contribution is 2.47. The standard InChI is InChI=1S/C18H23NO2/c1-13-9-17(13)18-8-7-16(21-18)11-19-10-14-5-3-4-6-15(14)12-20-2/h3-8,13,17,19H,9-12H2,1-2H3. The number of hydrogen-bond donors (Lipinski definition) is 1. The Bertz CT molecular complexity index is 590. The first-order valence-electron chi connectivity index (χ1n) is 7.63. The van der Waals surface area contributed by atoms with E-state index in [-0.39, 0.29) is 0 Å². The predicted molar refractivity (Wildman–Crippen MR) is 82.9 cm³/mol. The minimum atomic E-state index is 0.654. The van der Waals surface area contributed by atoms with Crippen molar-refractivity contribution in [1.82, 2.24) is 5.32 Å². The van der Waals surface area contributed by atoms with Gasteiger partial charge in [-0.15, -0.1) is 0 Å². The van der Waals surface area contributed by atoms with Crippen LogP contribution in [0.1, 0.15) is 41.9 Å². The average Bonchev–Trinajstić information content (AvgIpc) is 3.03. The fourth-order valence-electron chi connectivity index (χ4n) is 2.75. The maximum absolute atomic E-state index is 5.91. The van der Waals surface area contributed by atoms with E-state index in [1.165, 1.54) is 17.5 Å². The van der Waals surface area contributed by atoms with Gasteiger partial charge in [0.2, 0.25) is 0 Å². The zero-order valence-corrected chi connectivity index (χ0v) is 12.8. The lowest BCUT2D eigenvalue weighted by molar-refractivity contribution is 0.184. The molecule has 1 aromatic carbocycles. The molecule has 112 valence electrons. The van der Waals surface area contributed by atoms with Crippen molar-refractivity contribution in [1.29, 1.82) is 0 Å². The van der Waals surface area contributed by atoms with E-state index in [0.717, 1.165) is 30.5 Å². The Balaban J connectivity index is 1.53. The molecule has 2 unspecified atom stereocenters. The van der Waals surface area contributed by atoms with Gasteiger partial charge in [0.05, 0.1) is 13.2 Å². The summed E-state index contributed by atoms with van der Waals surface area (Å²) in [6.07, 6.45) is 1.27. The van der Waals surface area contributed by atoms with Gasteiger partial charge in [-0.2, -0.15) is 0 Å². The summed E-state index contributed by atoms with van der Waals surface area (Å²) in [5, 5.41) is 3.45. The molecule has 2 atom stereocenters. The summed E-state index contributed by atoms with van der Waals surface area (Å²) >= 11 is 0. The zero-order valence-electron chi connectivity index (χ0n) is 12.8. The minimum absolute atomic E-state index is 0.654. The summed E-state index contributed by atoms with van der Waals surface area (Å²) in [4.78, 5) is 0. The summed E-state index contributed by atoms with van der Waals surface area (Å²) in [7, 11) is 1.73. The van der Waals surface area contributed by atoms with Gasteiger partial charge in [-0.05, 0) is 35.6 Å². The number of nitrogens with one attached hydrogen (secondary N) is 1. The number of methoxy groups -OCH3 is 1. The summed E-state index contributed by atoms with van der Waals surface area (Å²) in [6.45, 7) is 4.53. The number of benzene rings is 1. The first-order chi connectivity index (χ1) is 10.3. The third-order valence-electron chi connectivity index (χ3n) is 4.19. The minimum Gasteiger partial charge on any atom is -0.464 e. The molecule has 3 rings (SSSR count). The van der Waals surface area contributed by atoms with Crippen molar-refractivity contribution < 1.29 is 9.15 Å². The Morgan fingerprint density at radius 2 is 1.90 bits per heavy atom. The van der Waals surface area contributed by atoms with Crippen LogP contribution in [0.2, 0.25) is 0 Å². The summed E-state index contributed by atoms with van der Waals surface area (Å²) < 4.78 is 11.1. The van der Waals surface area contributed by atoms with Crippen LogP contribution in [0, 0.1) is 5.92 Å². The van der Waals surface area contributed by atoms with Gasteiger partial charge in [0.25, 0.3) is 0 Å². The Kier molecular flexibility index (Phi) is 4.42. The molecule has 1 heterocycles. The number of rotatable bonds is 7. The van der Waals surface area contributed by atoms with Gasteiger partial charge < -0.3 is 14.5 Å². The molecule has 0 bridgehead atoms. The largest absolute Gasteiger partial charge is 0.464 e. The van der Waals surface area contributed by atoms with Crippen molar-refractivity contribution in [3.8, 4) is 0 Å².